The molecule has 4 aromatic heterocycles. The Kier molecular flexibility index (Phi) is 3.36. The standard InChI is InChI=1S/C35H20N4/c1-3-15-27-23(11-1)35(25-13-5-9-21-31-29(17-7-19-36-31)38(27)33(21)25)24-12-2-4-16-28(24)39-30-18-8-20-37-32(30)22-10-6-14-26(35)34(22)39/h1-20H. The van der Waals surface area contributed by atoms with Gasteiger partial charge in [0.1, 0.15) is 0 Å². The van der Waals surface area contributed by atoms with Crippen LogP contribution in [0.3, 0.4) is 0 Å². The molecule has 180 valence electrons. The summed E-state index contributed by atoms with van der Waals surface area (Å²) in [4.78, 5) is 9.74. The van der Waals surface area contributed by atoms with Gasteiger partial charge < -0.3 is 9.13 Å². The van der Waals surface area contributed by atoms with Crippen molar-refractivity contribution in [3.63, 3.8) is 0 Å². The molecule has 2 aliphatic heterocycles. The van der Waals surface area contributed by atoms with Crippen LogP contribution in [0.15, 0.2) is 122 Å². The number of pyridine rings is 2. The Bertz CT molecular complexity index is 2190. The molecule has 4 heteroatoms. The highest BCUT2D eigenvalue weighted by atomic mass is 15.0. The van der Waals surface area contributed by atoms with Crippen molar-refractivity contribution in [1.82, 2.24) is 19.1 Å². The molecule has 4 nitrogen and oxygen atoms in total. The third kappa shape index (κ3) is 2.06. The summed E-state index contributed by atoms with van der Waals surface area (Å²) in [5.74, 6) is 0. The van der Waals surface area contributed by atoms with Crippen LogP contribution < -0.4 is 0 Å². The number of nitrogens with zero attached hydrogens (tertiary/aromatic N) is 4. The molecule has 0 fully saturated rings. The molecule has 0 saturated carbocycles. The molecule has 39 heavy (non-hydrogen) atoms. The highest BCUT2D eigenvalue weighted by Crippen LogP contribution is 2.58. The van der Waals surface area contributed by atoms with Gasteiger partial charge in [-0.1, -0.05) is 72.8 Å². The van der Waals surface area contributed by atoms with Crippen molar-refractivity contribution < 1.29 is 0 Å². The van der Waals surface area contributed by atoms with Crippen LogP contribution in [0.2, 0.25) is 0 Å². The third-order valence-electron chi connectivity index (χ3n) is 8.99. The predicted octanol–water partition coefficient (Wildman–Crippen LogP) is 7.68. The molecule has 2 aliphatic rings. The Balaban J connectivity index is 1.54. The van der Waals surface area contributed by atoms with Crippen molar-refractivity contribution in [3.05, 3.63) is 144 Å². The van der Waals surface area contributed by atoms with E-state index in [0.29, 0.717) is 0 Å². The number of rotatable bonds is 0. The Hall–Kier alpha value is -5.22. The van der Waals surface area contributed by atoms with Crippen LogP contribution in [-0.4, -0.2) is 19.1 Å². The monoisotopic (exact) mass is 496 g/mol. The fourth-order valence-corrected chi connectivity index (χ4v) is 7.71. The maximum Gasteiger partial charge on any atom is 0.0963 e. The van der Waals surface area contributed by atoms with Crippen molar-refractivity contribution >= 4 is 43.9 Å². The lowest BCUT2D eigenvalue weighted by molar-refractivity contribution is 0.713. The lowest BCUT2D eigenvalue weighted by atomic mass is 9.61. The fraction of sp³-hybridized carbons (Fsp3) is 0.0286. The lowest BCUT2D eigenvalue weighted by Crippen LogP contribution is -2.38. The van der Waals surface area contributed by atoms with E-state index in [2.05, 4.69) is 106 Å². The van der Waals surface area contributed by atoms with Gasteiger partial charge in [0, 0.05) is 23.2 Å². The fourth-order valence-electron chi connectivity index (χ4n) is 7.71. The van der Waals surface area contributed by atoms with Gasteiger partial charge >= 0.3 is 0 Å². The number of hydrogen-bond donors (Lipinski definition) is 0. The SMILES string of the molecule is c1ccc2c(c1)-n1c3cccnc3c3cccc(c31)C21c2ccccc2-n2c3cccnc3c3cccc1c32. The molecule has 1 spiro atoms. The van der Waals surface area contributed by atoms with Crippen molar-refractivity contribution in [2.24, 2.45) is 0 Å². The minimum absolute atomic E-state index is 0.499. The summed E-state index contributed by atoms with van der Waals surface area (Å²) in [5, 5.41) is 2.38. The zero-order valence-electron chi connectivity index (χ0n) is 20.8. The first-order valence-electron chi connectivity index (χ1n) is 13.4. The number of benzene rings is 4. The van der Waals surface area contributed by atoms with Crippen molar-refractivity contribution in [2.75, 3.05) is 0 Å². The van der Waals surface area contributed by atoms with Gasteiger partial charge in [-0.15, -0.1) is 0 Å². The van der Waals surface area contributed by atoms with E-state index in [0.717, 1.165) is 22.1 Å². The van der Waals surface area contributed by atoms with Gasteiger partial charge in [0.25, 0.3) is 0 Å². The van der Waals surface area contributed by atoms with Crippen molar-refractivity contribution in [3.8, 4) is 11.4 Å². The summed E-state index contributed by atoms with van der Waals surface area (Å²) in [6.07, 6.45) is 3.81. The van der Waals surface area contributed by atoms with Crippen LogP contribution in [0.25, 0.3) is 55.2 Å². The largest absolute Gasteiger partial charge is 0.307 e. The molecule has 4 aromatic carbocycles. The second-order valence-electron chi connectivity index (χ2n) is 10.6. The molecule has 8 aromatic rings. The Morgan fingerprint density at radius 2 is 0.897 bits per heavy atom. The van der Waals surface area contributed by atoms with Crippen LogP contribution >= 0.6 is 0 Å². The first-order chi connectivity index (χ1) is 19.4. The molecule has 10 rings (SSSR count). The van der Waals surface area contributed by atoms with Gasteiger partial charge in [0.05, 0.1) is 49.9 Å². The van der Waals surface area contributed by atoms with E-state index < -0.39 is 5.41 Å². The second kappa shape index (κ2) is 6.61. The molecule has 0 atom stereocenters. The molecule has 0 radical (unpaired) electrons. The molecule has 0 aliphatic carbocycles. The van der Waals surface area contributed by atoms with Crippen LogP contribution in [0.4, 0.5) is 0 Å². The Labute approximate surface area is 223 Å². The molecular weight excluding hydrogens is 476 g/mol. The van der Waals surface area contributed by atoms with E-state index in [1.54, 1.807) is 0 Å². The normalized spacial score (nSPS) is 14.4. The molecule has 0 bridgehead atoms. The van der Waals surface area contributed by atoms with E-state index in [4.69, 9.17) is 9.97 Å². The average Bonchev–Trinajstić information content (AvgIpc) is 3.52. The van der Waals surface area contributed by atoms with Gasteiger partial charge in [-0.25, -0.2) is 0 Å². The molecule has 6 heterocycles. The number of aromatic nitrogens is 4. The van der Waals surface area contributed by atoms with Gasteiger partial charge in [-0.05, 0) is 58.7 Å². The van der Waals surface area contributed by atoms with Gasteiger partial charge in [0.15, 0.2) is 0 Å². The van der Waals surface area contributed by atoms with Crippen LogP contribution in [-0.2, 0) is 5.41 Å². The van der Waals surface area contributed by atoms with Crippen LogP contribution in [0.5, 0.6) is 0 Å². The first kappa shape index (κ1) is 19.8. The lowest BCUT2D eigenvalue weighted by Gasteiger charge is -2.45. The number of hydrogen-bond acceptors (Lipinski definition) is 2. The minimum atomic E-state index is -0.499. The zero-order chi connectivity index (χ0) is 25.3. The minimum Gasteiger partial charge on any atom is -0.307 e. The maximum atomic E-state index is 4.87. The summed E-state index contributed by atoms with van der Waals surface area (Å²) in [7, 11) is 0. The van der Waals surface area contributed by atoms with E-state index in [1.165, 1.54) is 55.4 Å². The summed E-state index contributed by atoms with van der Waals surface area (Å²) in [5.41, 5.74) is 13.9. The summed E-state index contributed by atoms with van der Waals surface area (Å²) >= 11 is 0. The maximum absolute atomic E-state index is 4.87. The number of fused-ring (bicyclic) bond motifs is 14. The smallest absolute Gasteiger partial charge is 0.0963 e. The van der Waals surface area contributed by atoms with Crippen LogP contribution in [0, 0.1) is 0 Å². The summed E-state index contributed by atoms with van der Waals surface area (Å²) in [6.45, 7) is 0. The summed E-state index contributed by atoms with van der Waals surface area (Å²) < 4.78 is 4.87. The predicted molar refractivity (Wildman–Crippen MR) is 156 cm³/mol. The third-order valence-corrected chi connectivity index (χ3v) is 8.99. The topological polar surface area (TPSA) is 35.6 Å². The van der Waals surface area contributed by atoms with Gasteiger partial charge in [-0.3, -0.25) is 9.97 Å². The molecule has 0 unspecified atom stereocenters. The van der Waals surface area contributed by atoms with E-state index in [9.17, 15) is 0 Å². The summed E-state index contributed by atoms with van der Waals surface area (Å²) in [6, 6.07) is 39.9. The highest BCUT2D eigenvalue weighted by molar-refractivity contribution is 6.13. The van der Waals surface area contributed by atoms with Crippen LogP contribution in [0.1, 0.15) is 22.3 Å². The first-order valence-corrected chi connectivity index (χ1v) is 13.4. The quantitative estimate of drug-likeness (QED) is 0.216. The Morgan fingerprint density at radius 3 is 1.41 bits per heavy atom. The van der Waals surface area contributed by atoms with Gasteiger partial charge in [0.2, 0.25) is 0 Å². The van der Waals surface area contributed by atoms with E-state index in [-0.39, 0.29) is 0 Å². The molecule has 0 N–H and O–H groups in total. The number of para-hydroxylation sites is 4. The Morgan fingerprint density at radius 1 is 0.436 bits per heavy atom. The highest BCUT2D eigenvalue weighted by Gasteiger charge is 2.50. The zero-order valence-corrected chi connectivity index (χ0v) is 20.8. The average molecular weight is 497 g/mol. The molecule has 0 saturated heterocycles. The van der Waals surface area contributed by atoms with E-state index in [1.807, 2.05) is 24.5 Å². The van der Waals surface area contributed by atoms with Crippen molar-refractivity contribution in [2.45, 2.75) is 5.41 Å². The van der Waals surface area contributed by atoms with Gasteiger partial charge in [-0.2, -0.15) is 0 Å². The molecule has 0 amide bonds. The second-order valence-corrected chi connectivity index (χ2v) is 10.6. The molecular formula is C35H20N4. The van der Waals surface area contributed by atoms with E-state index >= 15 is 0 Å². The van der Waals surface area contributed by atoms with Crippen molar-refractivity contribution in [1.29, 1.82) is 0 Å².